The fourth-order valence-corrected chi connectivity index (χ4v) is 2.24. The van der Waals surface area contributed by atoms with Crippen molar-refractivity contribution in [3.63, 3.8) is 0 Å². The molecule has 0 bridgehead atoms. The lowest BCUT2D eigenvalue weighted by Gasteiger charge is -2.24. The molecule has 96 valence electrons. The van der Waals surface area contributed by atoms with Crippen molar-refractivity contribution in [1.29, 1.82) is 0 Å². The molecule has 1 saturated heterocycles. The predicted octanol–water partition coefficient (Wildman–Crippen LogP) is 1.74. The third kappa shape index (κ3) is 3.09. The van der Waals surface area contributed by atoms with E-state index < -0.39 is 0 Å². The standard InChI is InChI=1S/C14H18N2O2/c15-12-6-1-4-11(10-12)5-3-9-16-13(17)7-2-8-14(16)18/h1,4,6,10H,2-3,5,7-9,15H2. The first-order chi connectivity index (χ1) is 8.66. The van der Waals surface area contributed by atoms with Gasteiger partial charge < -0.3 is 5.73 Å². The van der Waals surface area contributed by atoms with Gasteiger partial charge in [-0.05, 0) is 37.0 Å². The van der Waals surface area contributed by atoms with Gasteiger partial charge in [0, 0.05) is 25.1 Å². The maximum absolute atomic E-state index is 11.6. The molecule has 0 aromatic heterocycles. The number of rotatable bonds is 4. The molecule has 2 amide bonds. The number of hydrogen-bond donors (Lipinski definition) is 1. The van der Waals surface area contributed by atoms with E-state index in [1.165, 1.54) is 4.90 Å². The monoisotopic (exact) mass is 246 g/mol. The van der Waals surface area contributed by atoms with Crippen molar-refractivity contribution in [2.45, 2.75) is 32.1 Å². The van der Waals surface area contributed by atoms with Crippen LogP contribution in [0.3, 0.4) is 0 Å². The first-order valence-corrected chi connectivity index (χ1v) is 6.34. The van der Waals surface area contributed by atoms with Crippen molar-refractivity contribution in [2.75, 3.05) is 12.3 Å². The minimum atomic E-state index is -0.0289. The Morgan fingerprint density at radius 2 is 1.89 bits per heavy atom. The van der Waals surface area contributed by atoms with Crippen molar-refractivity contribution >= 4 is 17.5 Å². The molecule has 0 unspecified atom stereocenters. The Hall–Kier alpha value is -1.84. The summed E-state index contributed by atoms with van der Waals surface area (Å²) in [7, 11) is 0. The lowest BCUT2D eigenvalue weighted by Crippen LogP contribution is -2.40. The van der Waals surface area contributed by atoms with Crippen molar-refractivity contribution < 1.29 is 9.59 Å². The molecule has 0 spiro atoms. The first kappa shape index (κ1) is 12.6. The summed E-state index contributed by atoms with van der Waals surface area (Å²) < 4.78 is 0. The lowest BCUT2D eigenvalue weighted by atomic mass is 10.1. The van der Waals surface area contributed by atoms with Crippen molar-refractivity contribution in [1.82, 2.24) is 4.90 Å². The van der Waals surface area contributed by atoms with Crippen molar-refractivity contribution in [3.05, 3.63) is 29.8 Å². The molecule has 1 aromatic carbocycles. The van der Waals surface area contributed by atoms with Crippen LogP contribution in [0.15, 0.2) is 24.3 Å². The van der Waals surface area contributed by atoms with Gasteiger partial charge in [-0.1, -0.05) is 12.1 Å². The number of benzene rings is 1. The Bertz CT molecular complexity index is 441. The topological polar surface area (TPSA) is 63.4 Å². The third-order valence-electron chi connectivity index (χ3n) is 3.18. The van der Waals surface area contributed by atoms with E-state index in [1.54, 1.807) is 0 Å². The number of likely N-dealkylation sites (tertiary alicyclic amines) is 1. The summed E-state index contributed by atoms with van der Waals surface area (Å²) in [6.07, 6.45) is 3.33. The summed E-state index contributed by atoms with van der Waals surface area (Å²) in [4.78, 5) is 24.6. The fraction of sp³-hybridized carbons (Fsp3) is 0.429. The Balaban J connectivity index is 1.84. The molecule has 2 rings (SSSR count). The van der Waals surface area contributed by atoms with E-state index in [1.807, 2.05) is 24.3 Å². The number of anilines is 1. The van der Waals surface area contributed by atoms with E-state index in [4.69, 9.17) is 5.73 Å². The second kappa shape index (κ2) is 5.67. The zero-order valence-electron chi connectivity index (χ0n) is 10.4. The van der Waals surface area contributed by atoms with E-state index in [2.05, 4.69) is 0 Å². The normalized spacial score (nSPS) is 16.1. The van der Waals surface area contributed by atoms with Crippen LogP contribution < -0.4 is 5.73 Å². The second-order valence-corrected chi connectivity index (χ2v) is 4.64. The molecule has 18 heavy (non-hydrogen) atoms. The zero-order chi connectivity index (χ0) is 13.0. The number of amides is 2. The maximum Gasteiger partial charge on any atom is 0.229 e. The number of nitrogens with zero attached hydrogens (tertiary/aromatic N) is 1. The van der Waals surface area contributed by atoms with E-state index >= 15 is 0 Å². The van der Waals surface area contributed by atoms with E-state index in [0.29, 0.717) is 25.8 Å². The molecule has 0 atom stereocenters. The van der Waals surface area contributed by atoms with E-state index in [0.717, 1.165) is 24.1 Å². The quantitative estimate of drug-likeness (QED) is 0.650. The van der Waals surface area contributed by atoms with Crippen LogP contribution in [0, 0.1) is 0 Å². The van der Waals surface area contributed by atoms with Gasteiger partial charge in [-0.15, -0.1) is 0 Å². The molecule has 4 heteroatoms. The average Bonchev–Trinajstić information content (AvgIpc) is 2.33. The fourth-order valence-electron chi connectivity index (χ4n) is 2.24. The number of nitrogen functional groups attached to an aromatic ring is 1. The van der Waals surface area contributed by atoms with Crippen LogP contribution in [0.2, 0.25) is 0 Å². The molecule has 1 aromatic rings. The highest BCUT2D eigenvalue weighted by molar-refractivity contribution is 5.97. The minimum absolute atomic E-state index is 0.0289. The minimum Gasteiger partial charge on any atom is -0.399 e. The van der Waals surface area contributed by atoms with Gasteiger partial charge in [0.05, 0.1) is 0 Å². The van der Waals surface area contributed by atoms with Crippen LogP contribution in [0.1, 0.15) is 31.2 Å². The van der Waals surface area contributed by atoms with Gasteiger partial charge in [0.2, 0.25) is 11.8 Å². The molecule has 1 aliphatic heterocycles. The van der Waals surface area contributed by atoms with E-state index in [9.17, 15) is 9.59 Å². The summed E-state index contributed by atoms with van der Waals surface area (Å²) in [5.74, 6) is -0.0577. The second-order valence-electron chi connectivity index (χ2n) is 4.64. The van der Waals surface area contributed by atoms with Crippen LogP contribution in [0.4, 0.5) is 5.69 Å². The molecule has 1 fully saturated rings. The van der Waals surface area contributed by atoms with Crippen LogP contribution in [-0.2, 0) is 16.0 Å². The lowest BCUT2D eigenvalue weighted by molar-refractivity contribution is -0.147. The Kier molecular flexibility index (Phi) is 3.97. The molecular weight excluding hydrogens is 228 g/mol. The Morgan fingerprint density at radius 3 is 2.56 bits per heavy atom. The van der Waals surface area contributed by atoms with Crippen molar-refractivity contribution in [2.24, 2.45) is 0 Å². The summed E-state index contributed by atoms with van der Waals surface area (Å²) in [6, 6.07) is 7.71. The van der Waals surface area contributed by atoms with Crippen molar-refractivity contribution in [3.8, 4) is 0 Å². The van der Waals surface area contributed by atoms with Crippen LogP contribution in [0.25, 0.3) is 0 Å². The number of carbonyl (C=O) groups excluding carboxylic acids is 2. The van der Waals surface area contributed by atoms with Crippen LogP contribution in [0.5, 0.6) is 0 Å². The van der Waals surface area contributed by atoms with Gasteiger partial charge in [0.15, 0.2) is 0 Å². The summed E-state index contributed by atoms with van der Waals surface area (Å²) in [5, 5.41) is 0. The largest absolute Gasteiger partial charge is 0.399 e. The molecule has 1 heterocycles. The average molecular weight is 246 g/mol. The smallest absolute Gasteiger partial charge is 0.229 e. The SMILES string of the molecule is Nc1cccc(CCCN2C(=O)CCCC2=O)c1. The molecule has 0 radical (unpaired) electrons. The maximum atomic E-state index is 11.6. The number of hydrogen-bond acceptors (Lipinski definition) is 3. The van der Waals surface area contributed by atoms with Gasteiger partial charge in [0.25, 0.3) is 0 Å². The first-order valence-electron chi connectivity index (χ1n) is 6.34. The summed E-state index contributed by atoms with van der Waals surface area (Å²) >= 11 is 0. The van der Waals surface area contributed by atoms with Crippen LogP contribution >= 0.6 is 0 Å². The van der Waals surface area contributed by atoms with Crippen LogP contribution in [-0.4, -0.2) is 23.3 Å². The molecule has 1 aliphatic rings. The molecule has 2 N–H and O–H groups in total. The van der Waals surface area contributed by atoms with Gasteiger partial charge >= 0.3 is 0 Å². The van der Waals surface area contributed by atoms with Gasteiger partial charge in [-0.2, -0.15) is 0 Å². The number of aryl methyl sites for hydroxylation is 1. The molecule has 0 aliphatic carbocycles. The Labute approximate surface area is 107 Å². The number of imide groups is 1. The predicted molar refractivity (Wildman–Crippen MR) is 69.7 cm³/mol. The highest BCUT2D eigenvalue weighted by atomic mass is 16.2. The molecule has 4 nitrogen and oxygen atoms in total. The Morgan fingerprint density at radius 1 is 1.17 bits per heavy atom. The highest BCUT2D eigenvalue weighted by Gasteiger charge is 2.24. The van der Waals surface area contributed by atoms with Gasteiger partial charge in [-0.3, -0.25) is 14.5 Å². The van der Waals surface area contributed by atoms with Gasteiger partial charge in [-0.25, -0.2) is 0 Å². The number of carbonyl (C=O) groups is 2. The molecular formula is C14H18N2O2. The highest BCUT2D eigenvalue weighted by Crippen LogP contribution is 2.14. The molecule has 0 saturated carbocycles. The van der Waals surface area contributed by atoms with E-state index in [-0.39, 0.29) is 11.8 Å². The zero-order valence-corrected chi connectivity index (χ0v) is 10.4. The number of nitrogens with two attached hydrogens (primary N) is 1. The summed E-state index contributed by atoms with van der Waals surface area (Å²) in [6.45, 7) is 0.520. The summed E-state index contributed by atoms with van der Waals surface area (Å²) in [5.41, 5.74) is 7.59. The number of piperidine rings is 1. The third-order valence-corrected chi connectivity index (χ3v) is 3.18. The van der Waals surface area contributed by atoms with Gasteiger partial charge in [0.1, 0.15) is 0 Å².